The van der Waals surface area contributed by atoms with Crippen LogP contribution in [0.1, 0.15) is 21.6 Å². The molecule has 4 nitrogen and oxygen atoms in total. The van der Waals surface area contributed by atoms with E-state index in [4.69, 9.17) is 0 Å². The van der Waals surface area contributed by atoms with Gasteiger partial charge in [0.2, 0.25) is 0 Å². The molecule has 0 bridgehead atoms. The fourth-order valence-electron chi connectivity index (χ4n) is 2.35. The summed E-state index contributed by atoms with van der Waals surface area (Å²) >= 11 is 0. The summed E-state index contributed by atoms with van der Waals surface area (Å²) in [6.07, 6.45) is 1.62. The average molecular weight is 335 g/mol. The summed E-state index contributed by atoms with van der Waals surface area (Å²) in [5.74, 6) is -0.569. The predicted molar refractivity (Wildman–Crippen MR) is 96.3 cm³/mol. The molecule has 0 radical (unpaired) electrons. The summed E-state index contributed by atoms with van der Waals surface area (Å²) in [5.41, 5.74) is 4.09. The Kier molecular flexibility index (Phi) is 5.04. The second-order valence-electron chi connectivity index (χ2n) is 5.68. The van der Waals surface area contributed by atoms with Gasteiger partial charge >= 0.3 is 0 Å². The van der Waals surface area contributed by atoms with Crippen molar-refractivity contribution in [1.82, 2.24) is 10.3 Å². The van der Waals surface area contributed by atoms with Crippen molar-refractivity contribution < 1.29 is 9.18 Å². The number of nitrogens with zero attached hydrogens (tertiary/aromatic N) is 1. The molecule has 0 aliphatic heterocycles. The zero-order valence-electron chi connectivity index (χ0n) is 13.8. The van der Waals surface area contributed by atoms with E-state index in [0.717, 1.165) is 22.5 Å². The highest BCUT2D eigenvalue weighted by Gasteiger charge is 2.07. The van der Waals surface area contributed by atoms with Crippen molar-refractivity contribution in [3.63, 3.8) is 0 Å². The summed E-state index contributed by atoms with van der Waals surface area (Å²) < 4.78 is 12.9. The van der Waals surface area contributed by atoms with Gasteiger partial charge in [0.05, 0.1) is 11.9 Å². The predicted octanol–water partition coefficient (Wildman–Crippen LogP) is 4.20. The molecular weight excluding hydrogens is 317 g/mol. The van der Waals surface area contributed by atoms with Crippen molar-refractivity contribution in [2.75, 3.05) is 5.32 Å². The van der Waals surface area contributed by atoms with E-state index in [2.05, 4.69) is 15.6 Å². The number of benzene rings is 2. The molecule has 1 heterocycles. The van der Waals surface area contributed by atoms with Crippen LogP contribution in [0.5, 0.6) is 0 Å². The van der Waals surface area contributed by atoms with E-state index < -0.39 is 0 Å². The SMILES string of the molecule is Cc1ccccc1Nc1ccc(C(=O)NCc2ccc(F)cc2)nc1. The zero-order valence-corrected chi connectivity index (χ0v) is 13.8. The molecule has 0 spiro atoms. The molecule has 2 aromatic carbocycles. The molecule has 1 aromatic heterocycles. The highest BCUT2D eigenvalue weighted by atomic mass is 19.1. The van der Waals surface area contributed by atoms with Crippen LogP contribution >= 0.6 is 0 Å². The molecule has 2 N–H and O–H groups in total. The molecule has 0 saturated carbocycles. The molecule has 0 saturated heterocycles. The summed E-state index contributed by atoms with van der Waals surface area (Å²) in [5, 5.41) is 6.04. The average Bonchev–Trinajstić information content (AvgIpc) is 2.63. The Balaban J connectivity index is 1.60. The number of carbonyl (C=O) groups excluding carboxylic acids is 1. The second kappa shape index (κ2) is 7.57. The largest absolute Gasteiger partial charge is 0.354 e. The van der Waals surface area contributed by atoms with Gasteiger partial charge < -0.3 is 10.6 Å². The first-order valence-electron chi connectivity index (χ1n) is 7.93. The molecule has 1 amide bonds. The normalized spacial score (nSPS) is 10.3. The number of para-hydroxylation sites is 1. The van der Waals surface area contributed by atoms with Crippen LogP contribution < -0.4 is 10.6 Å². The number of nitrogens with one attached hydrogen (secondary N) is 2. The lowest BCUT2D eigenvalue weighted by molar-refractivity contribution is 0.0946. The highest BCUT2D eigenvalue weighted by Crippen LogP contribution is 2.19. The van der Waals surface area contributed by atoms with Gasteiger partial charge in [0.25, 0.3) is 5.91 Å². The Morgan fingerprint density at radius 2 is 1.80 bits per heavy atom. The van der Waals surface area contributed by atoms with Crippen molar-refractivity contribution in [3.8, 4) is 0 Å². The fraction of sp³-hybridized carbons (Fsp3) is 0.100. The van der Waals surface area contributed by atoms with E-state index in [0.29, 0.717) is 12.2 Å². The number of carbonyl (C=O) groups is 1. The number of aryl methyl sites for hydroxylation is 1. The topological polar surface area (TPSA) is 54.0 Å². The lowest BCUT2D eigenvalue weighted by Crippen LogP contribution is -2.23. The second-order valence-corrected chi connectivity index (χ2v) is 5.68. The van der Waals surface area contributed by atoms with E-state index in [9.17, 15) is 9.18 Å². The highest BCUT2D eigenvalue weighted by molar-refractivity contribution is 5.92. The van der Waals surface area contributed by atoms with Gasteiger partial charge in [-0.05, 0) is 48.4 Å². The first-order chi connectivity index (χ1) is 12.1. The van der Waals surface area contributed by atoms with E-state index in [1.54, 1.807) is 24.4 Å². The molecule has 0 unspecified atom stereocenters. The Labute approximate surface area is 145 Å². The van der Waals surface area contributed by atoms with Crippen LogP contribution in [0.2, 0.25) is 0 Å². The molecule has 5 heteroatoms. The third-order valence-electron chi connectivity index (χ3n) is 3.79. The Bertz CT molecular complexity index is 861. The number of hydrogen-bond donors (Lipinski definition) is 2. The van der Waals surface area contributed by atoms with Crippen molar-refractivity contribution in [1.29, 1.82) is 0 Å². The Morgan fingerprint density at radius 3 is 2.48 bits per heavy atom. The minimum absolute atomic E-state index is 0.272. The van der Waals surface area contributed by atoms with Crippen molar-refractivity contribution in [2.24, 2.45) is 0 Å². The lowest BCUT2D eigenvalue weighted by atomic mass is 10.2. The van der Waals surface area contributed by atoms with Crippen molar-refractivity contribution >= 4 is 17.3 Å². The smallest absolute Gasteiger partial charge is 0.270 e. The Morgan fingerprint density at radius 1 is 1.04 bits per heavy atom. The molecule has 3 aromatic rings. The number of amides is 1. The van der Waals surface area contributed by atoms with Crippen molar-refractivity contribution in [3.05, 3.63) is 89.5 Å². The number of hydrogen-bond acceptors (Lipinski definition) is 3. The monoisotopic (exact) mass is 335 g/mol. The number of aromatic nitrogens is 1. The number of halogens is 1. The van der Waals surface area contributed by atoms with Gasteiger partial charge in [-0.3, -0.25) is 4.79 Å². The van der Waals surface area contributed by atoms with Gasteiger partial charge in [0.1, 0.15) is 11.5 Å². The van der Waals surface area contributed by atoms with E-state index in [1.807, 2.05) is 37.3 Å². The maximum Gasteiger partial charge on any atom is 0.270 e. The third kappa shape index (κ3) is 4.41. The van der Waals surface area contributed by atoms with Crippen molar-refractivity contribution in [2.45, 2.75) is 13.5 Å². The van der Waals surface area contributed by atoms with Gasteiger partial charge in [0, 0.05) is 12.2 Å². The molecule has 0 aliphatic carbocycles. The van der Waals surface area contributed by atoms with Gasteiger partial charge in [0.15, 0.2) is 0 Å². The molecule has 126 valence electrons. The van der Waals surface area contributed by atoms with Crippen LogP contribution in [0.25, 0.3) is 0 Å². The van der Waals surface area contributed by atoms with Gasteiger partial charge in [-0.15, -0.1) is 0 Å². The van der Waals surface area contributed by atoms with E-state index >= 15 is 0 Å². The summed E-state index contributed by atoms with van der Waals surface area (Å²) in [6.45, 7) is 2.34. The molecule has 0 atom stereocenters. The van der Waals surface area contributed by atoms with Crippen LogP contribution in [-0.4, -0.2) is 10.9 Å². The van der Waals surface area contributed by atoms with Crippen LogP contribution in [0.15, 0.2) is 66.9 Å². The maximum atomic E-state index is 12.9. The molecule has 25 heavy (non-hydrogen) atoms. The van der Waals surface area contributed by atoms with Crippen LogP contribution in [-0.2, 0) is 6.54 Å². The minimum atomic E-state index is -0.298. The molecule has 0 fully saturated rings. The van der Waals surface area contributed by atoms with E-state index in [1.165, 1.54) is 12.1 Å². The van der Waals surface area contributed by atoms with E-state index in [-0.39, 0.29) is 11.7 Å². The summed E-state index contributed by atoms with van der Waals surface area (Å²) in [7, 11) is 0. The van der Waals surface area contributed by atoms with Crippen LogP contribution in [0.3, 0.4) is 0 Å². The van der Waals surface area contributed by atoms with Gasteiger partial charge in [-0.1, -0.05) is 30.3 Å². The van der Waals surface area contributed by atoms with Gasteiger partial charge in [-0.25, -0.2) is 9.37 Å². The first-order valence-corrected chi connectivity index (χ1v) is 7.93. The zero-order chi connectivity index (χ0) is 17.6. The number of pyridine rings is 1. The standard InChI is InChI=1S/C20H18FN3O/c1-14-4-2-3-5-18(14)24-17-10-11-19(22-13-17)20(25)23-12-15-6-8-16(21)9-7-15/h2-11,13,24H,12H2,1H3,(H,23,25). The number of rotatable bonds is 5. The molecule has 0 aliphatic rings. The molecular formula is C20H18FN3O. The quantitative estimate of drug-likeness (QED) is 0.735. The molecule has 3 rings (SSSR count). The third-order valence-corrected chi connectivity index (χ3v) is 3.79. The van der Waals surface area contributed by atoms with Gasteiger partial charge in [-0.2, -0.15) is 0 Å². The van der Waals surface area contributed by atoms with Crippen LogP contribution in [0, 0.1) is 12.7 Å². The first kappa shape index (κ1) is 16.6. The maximum absolute atomic E-state index is 12.9. The lowest BCUT2D eigenvalue weighted by Gasteiger charge is -2.09. The fourth-order valence-corrected chi connectivity index (χ4v) is 2.35. The summed E-state index contributed by atoms with van der Waals surface area (Å²) in [6, 6.07) is 17.4. The minimum Gasteiger partial charge on any atom is -0.354 e. The Hall–Kier alpha value is -3.21. The van der Waals surface area contributed by atoms with Crippen LogP contribution in [0.4, 0.5) is 15.8 Å². The summed E-state index contributed by atoms with van der Waals surface area (Å²) in [4.78, 5) is 16.3. The number of anilines is 2.